The third kappa shape index (κ3) is 2.04. The summed E-state index contributed by atoms with van der Waals surface area (Å²) in [6, 6.07) is 0. The van der Waals surface area contributed by atoms with Gasteiger partial charge in [-0.3, -0.25) is 5.10 Å². The molecule has 0 radical (unpaired) electrons. The molecule has 0 saturated carbocycles. The Morgan fingerprint density at radius 3 is 3.06 bits per heavy atom. The Morgan fingerprint density at radius 1 is 1.53 bits per heavy atom. The van der Waals surface area contributed by atoms with Crippen LogP contribution >= 0.6 is 0 Å². The number of hydrogen-bond acceptors (Lipinski definition) is 7. The number of ether oxygens (including phenoxy) is 1. The number of nitrogens with zero attached hydrogens (tertiary/aromatic N) is 4. The van der Waals surface area contributed by atoms with Crippen molar-refractivity contribution in [1.29, 1.82) is 0 Å². The third-order valence-electron chi connectivity index (χ3n) is 2.64. The van der Waals surface area contributed by atoms with Gasteiger partial charge >= 0.3 is 0 Å². The number of hydrogen-bond donors (Lipinski definition) is 2. The molecule has 1 saturated heterocycles. The molecule has 0 spiro atoms. The van der Waals surface area contributed by atoms with Gasteiger partial charge in [-0.2, -0.15) is 10.1 Å². The Hall–Kier alpha value is -1.80. The first-order valence-electron chi connectivity index (χ1n) is 5.28. The van der Waals surface area contributed by atoms with Crippen LogP contribution in [0.15, 0.2) is 10.9 Å². The highest BCUT2D eigenvalue weighted by molar-refractivity contribution is 5.39. The van der Waals surface area contributed by atoms with E-state index in [1.807, 2.05) is 6.92 Å². The summed E-state index contributed by atoms with van der Waals surface area (Å²) in [5.41, 5.74) is -0.124. The maximum Gasteiger partial charge on any atom is 0.253 e. The number of H-pyrrole nitrogens is 1. The average molecular weight is 236 g/mol. The summed E-state index contributed by atoms with van der Waals surface area (Å²) in [5, 5.41) is 13.3. The van der Waals surface area contributed by atoms with Crippen LogP contribution in [0.4, 0.5) is 0 Å². The molecule has 0 aliphatic carbocycles. The number of rotatable bonds is 4. The number of nitrogens with one attached hydrogen (secondary N) is 2. The summed E-state index contributed by atoms with van der Waals surface area (Å²) in [4.78, 5) is 8.09. The zero-order chi connectivity index (χ0) is 11.7. The molecule has 90 valence electrons. The summed E-state index contributed by atoms with van der Waals surface area (Å²) >= 11 is 0. The van der Waals surface area contributed by atoms with E-state index in [1.165, 1.54) is 6.33 Å². The smallest absolute Gasteiger partial charge is 0.253 e. The molecule has 3 rings (SSSR count). The predicted molar refractivity (Wildman–Crippen MR) is 55.7 cm³/mol. The van der Waals surface area contributed by atoms with Crippen molar-refractivity contribution in [1.82, 2.24) is 30.6 Å². The second kappa shape index (κ2) is 3.90. The van der Waals surface area contributed by atoms with Crippen molar-refractivity contribution in [2.24, 2.45) is 0 Å². The van der Waals surface area contributed by atoms with Crippen LogP contribution < -0.4 is 5.32 Å². The Kier molecular flexibility index (Phi) is 2.37. The van der Waals surface area contributed by atoms with Gasteiger partial charge in [0.05, 0.1) is 5.60 Å². The molecular formula is C9H12N6O2. The van der Waals surface area contributed by atoms with Crippen molar-refractivity contribution in [3.8, 4) is 11.6 Å². The second-order valence-electron chi connectivity index (χ2n) is 4.19. The average Bonchev–Trinajstić information content (AvgIpc) is 2.93. The lowest BCUT2D eigenvalue weighted by molar-refractivity contribution is -0.0841. The zero-order valence-corrected chi connectivity index (χ0v) is 9.30. The Labute approximate surface area is 96.8 Å². The first-order chi connectivity index (χ1) is 8.25. The molecule has 0 aromatic carbocycles. The molecule has 0 bridgehead atoms. The lowest BCUT2D eigenvalue weighted by atomic mass is 10.0. The van der Waals surface area contributed by atoms with Crippen molar-refractivity contribution >= 4 is 0 Å². The molecule has 0 amide bonds. The van der Waals surface area contributed by atoms with Gasteiger partial charge in [-0.1, -0.05) is 5.16 Å². The molecule has 0 unspecified atom stereocenters. The van der Waals surface area contributed by atoms with Crippen LogP contribution in [0.3, 0.4) is 0 Å². The van der Waals surface area contributed by atoms with E-state index < -0.39 is 0 Å². The summed E-state index contributed by atoms with van der Waals surface area (Å²) in [6.07, 6.45) is 1.39. The summed E-state index contributed by atoms with van der Waals surface area (Å²) < 4.78 is 10.7. The highest BCUT2D eigenvalue weighted by Gasteiger charge is 2.33. The van der Waals surface area contributed by atoms with Gasteiger partial charge in [0, 0.05) is 13.1 Å². The van der Waals surface area contributed by atoms with Crippen LogP contribution in [-0.2, 0) is 11.3 Å². The minimum absolute atomic E-state index is 0.124. The molecule has 1 aliphatic rings. The van der Waals surface area contributed by atoms with E-state index in [0.717, 1.165) is 13.1 Å². The van der Waals surface area contributed by atoms with E-state index in [2.05, 4.69) is 30.6 Å². The van der Waals surface area contributed by atoms with Gasteiger partial charge in [0.15, 0.2) is 5.82 Å². The summed E-state index contributed by atoms with van der Waals surface area (Å²) in [7, 11) is 0. The molecule has 0 atom stereocenters. The maximum atomic E-state index is 5.68. The van der Waals surface area contributed by atoms with Crippen LogP contribution in [0, 0.1) is 0 Å². The summed E-state index contributed by atoms with van der Waals surface area (Å²) in [5.74, 6) is 1.30. The fourth-order valence-electron chi connectivity index (χ4n) is 1.54. The lowest BCUT2D eigenvalue weighted by Crippen LogP contribution is -2.58. The van der Waals surface area contributed by atoms with Crippen molar-refractivity contribution in [3.05, 3.63) is 12.2 Å². The molecule has 17 heavy (non-hydrogen) atoms. The zero-order valence-electron chi connectivity index (χ0n) is 9.30. The van der Waals surface area contributed by atoms with Crippen molar-refractivity contribution < 1.29 is 9.26 Å². The van der Waals surface area contributed by atoms with Crippen molar-refractivity contribution in [2.45, 2.75) is 19.1 Å². The van der Waals surface area contributed by atoms with E-state index in [4.69, 9.17) is 9.26 Å². The van der Waals surface area contributed by atoms with Crippen molar-refractivity contribution in [3.63, 3.8) is 0 Å². The van der Waals surface area contributed by atoms with Crippen LogP contribution in [0.2, 0.25) is 0 Å². The lowest BCUT2D eigenvalue weighted by Gasteiger charge is -2.38. The van der Waals surface area contributed by atoms with Gasteiger partial charge in [0.1, 0.15) is 12.9 Å². The normalized spacial score (nSPS) is 17.9. The topological polar surface area (TPSA) is 102 Å². The fourth-order valence-corrected chi connectivity index (χ4v) is 1.54. The molecule has 2 aromatic heterocycles. The molecule has 8 nitrogen and oxygen atoms in total. The molecule has 2 aromatic rings. The number of aromatic amines is 1. The third-order valence-corrected chi connectivity index (χ3v) is 2.64. The van der Waals surface area contributed by atoms with Gasteiger partial charge in [-0.25, -0.2) is 4.98 Å². The molecule has 1 fully saturated rings. The minimum Gasteiger partial charge on any atom is -0.363 e. The van der Waals surface area contributed by atoms with Crippen LogP contribution in [-0.4, -0.2) is 44.0 Å². The van der Waals surface area contributed by atoms with Gasteiger partial charge in [-0.05, 0) is 6.92 Å². The van der Waals surface area contributed by atoms with E-state index in [-0.39, 0.29) is 5.60 Å². The number of aromatic nitrogens is 5. The molecule has 1 aliphatic heterocycles. The molecule has 2 N–H and O–H groups in total. The summed E-state index contributed by atoms with van der Waals surface area (Å²) in [6.45, 7) is 4.03. The van der Waals surface area contributed by atoms with Crippen molar-refractivity contribution in [2.75, 3.05) is 13.1 Å². The monoisotopic (exact) mass is 236 g/mol. The van der Waals surface area contributed by atoms with E-state index in [0.29, 0.717) is 24.1 Å². The van der Waals surface area contributed by atoms with Crippen LogP contribution in [0.1, 0.15) is 12.8 Å². The first kappa shape index (κ1) is 10.4. The van der Waals surface area contributed by atoms with E-state index >= 15 is 0 Å². The Morgan fingerprint density at radius 2 is 2.41 bits per heavy atom. The quantitative estimate of drug-likeness (QED) is 0.753. The highest BCUT2D eigenvalue weighted by atomic mass is 16.5. The maximum absolute atomic E-state index is 5.68. The van der Waals surface area contributed by atoms with E-state index in [9.17, 15) is 0 Å². The minimum atomic E-state index is -0.124. The standard InChI is InChI=1S/C9H12N6O2/c1-9(3-10-4-9)16-2-6-13-8(15-17-6)7-11-5-12-14-7/h5,10H,2-4H2,1H3,(H,11,12,14). The first-order valence-corrected chi connectivity index (χ1v) is 5.28. The Bertz CT molecular complexity index is 489. The SMILES string of the molecule is CC1(OCc2nc(-c3ncn[nH]3)no2)CNC1. The van der Waals surface area contributed by atoms with Gasteiger partial charge in [0.2, 0.25) is 5.82 Å². The Balaban J connectivity index is 1.65. The molecule has 3 heterocycles. The van der Waals surface area contributed by atoms with Gasteiger partial charge in [0.25, 0.3) is 5.89 Å². The second-order valence-corrected chi connectivity index (χ2v) is 4.19. The van der Waals surface area contributed by atoms with E-state index in [1.54, 1.807) is 0 Å². The largest absolute Gasteiger partial charge is 0.363 e. The van der Waals surface area contributed by atoms with Crippen LogP contribution in [0.5, 0.6) is 0 Å². The van der Waals surface area contributed by atoms with Gasteiger partial charge in [-0.15, -0.1) is 0 Å². The highest BCUT2D eigenvalue weighted by Crippen LogP contribution is 2.18. The predicted octanol–water partition coefficient (Wildman–Crippen LogP) is -0.267. The molecular weight excluding hydrogens is 224 g/mol. The fraction of sp³-hybridized carbons (Fsp3) is 0.556. The van der Waals surface area contributed by atoms with Crippen LogP contribution in [0.25, 0.3) is 11.6 Å². The molecule has 8 heteroatoms. The van der Waals surface area contributed by atoms with Gasteiger partial charge < -0.3 is 14.6 Å².